The number of carbonyl (C=O) groups is 2. The fourth-order valence-corrected chi connectivity index (χ4v) is 3.23. The van der Waals surface area contributed by atoms with Crippen LogP contribution in [-0.2, 0) is 14.8 Å². The molecule has 0 aromatic heterocycles. The molecule has 0 fully saturated rings. The second-order valence-corrected chi connectivity index (χ2v) is 7.48. The standard InChI is InChI=1S/C19H17F2NO6S/c20-19(21)28-15-6-1-13(2-7-15)3-10-17(23)14-4-8-16(9-5-14)29(26,27)22-12-11-18(24)25/h1-10,19,22H,11-12H2,(H,24,25)/b10-3+. The van der Waals surface area contributed by atoms with Gasteiger partial charge in [0.15, 0.2) is 5.78 Å². The van der Waals surface area contributed by atoms with E-state index < -0.39 is 22.6 Å². The van der Waals surface area contributed by atoms with Gasteiger partial charge < -0.3 is 9.84 Å². The van der Waals surface area contributed by atoms with Crippen LogP contribution in [0.1, 0.15) is 22.3 Å². The van der Waals surface area contributed by atoms with Crippen LogP contribution in [0.4, 0.5) is 8.78 Å². The molecule has 10 heteroatoms. The normalized spacial score (nSPS) is 11.7. The molecule has 0 aliphatic rings. The molecule has 2 aromatic rings. The quantitative estimate of drug-likeness (QED) is 0.447. The molecule has 2 aromatic carbocycles. The number of benzene rings is 2. The van der Waals surface area contributed by atoms with Gasteiger partial charge in [-0.3, -0.25) is 9.59 Å². The van der Waals surface area contributed by atoms with E-state index in [0.717, 1.165) is 0 Å². The number of alkyl halides is 2. The Hall–Kier alpha value is -3.11. The van der Waals surface area contributed by atoms with E-state index in [4.69, 9.17) is 5.11 Å². The van der Waals surface area contributed by atoms with Crippen LogP contribution in [0, 0.1) is 0 Å². The molecule has 0 heterocycles. The molecule has 154 valence electrons. The Bertz CT molecular complexity index is 986. The molecule has 0 saturated heterocycles. The highest BCUT2D eigenvalue weighted by molar-refractivity contribution is 7.89. The van der Waals surface area contributed by atoms with Gasteiger partial charge in [0.2, 0.25) is 10.0 Å². The number of aliphatic carboxylic acids is 1. The molecule has 0 amide bonds. The van der Waals surface area contributed by atoms with E-state index >= 15 is 0 Å². The molecule has 7 nitrogen and oxygen atoms in total. The van der Waals surface area contributed by atoms with E-state index in [1.54, 1.807) is 0 Å². The van der Waals surface area contributed by atoms with Gasteiger partial charge in [-0.2, -0.15) is 8.78 Å². The van der Waals surface area contributed by atoms with Gasteiger partial charge in [-0.15, -0.1) is 0 Å². The Morgan fingerprint density at radius 3 is 2.24 bits per heavy atom. The van der Waals surface area contributed by atoms with Gasteiger partial charge in [0.25, 0.3) is 0 Å². The molecule has 0 bridgehead atoms. The average Bonchev–Trinajstić information content (AvgIpc) is 2.66. The number of sulfonamides is 1. The van der Waals surface area contributed by atoms with Crippen molar-refractivity contribution in [2.75, 3.05) is 6.54 Å². The van der Waals surface area contributed by atoms with E-state index in [1.807, 2.05) is 0 Å². The lowest BCUT2D eigenvalue weighted by atomic mass is 10.1. The first-order valence-corrected chi connectivity index (χ1v) is 9.74. The Morgan fingerprint density at radius 1 is 1.07 bits per heavy atom. The fraction of sp³-hybridized carbons (Fsp3) is 0.158. The number of rotatable bonds is 10. The molecule has 0 aliphatic carbocycles. The minimum Gasteiger partial charge on any atom is -0.481 e. The van der Waals surface area contributed by atoms with Crippen molar-refractivity contribution >= 4 is 27.9 Å². The van der Waals surface area contributed by atoms with Crippen LogP contribution >= 0.6 is 0 Å². The smallest absolute Gasteiger partial charge is 0.387 e. The van der Waals surface area contributed by atoms with Gasteiger partial charge in [0.1, 0.15) is 5.75 Å². The Morgan fingerprint density at radius 2 is 1.69 bits per heavy atom. The van der Waals surface area contributed by atoms with Gasteiger partial charge in [-0.1, -0.05) is 18.2 Å². The highest BCUT2D eigenvalue weighted by atomic mass is 32.2. The average molecular weight is 425 g/mol. The highest BCUT2D eigenvalue weighted by Gasteiger charge is 2.14. The lowest BCUT2D eigenvalue weighted by Gasteiger charge is -2.06. The summed E-state index contributed by atoms with van der Waals surface area (Å²) in [6.07, 6.45) is 2.39. The number of hydrogen-bond donors (Lipinski definition) is 2. The first kappa shape index (κ1) is 22.2. The van der Waals surface area contributed by atoms with Crippen molar-refractivity contribution in [3.63, 3.8) is 0 Å². The van der Waals surface area contributed by atoms with E-state index in [2.05, 4.69) is 9.46 Å². The van der Waals surface area contributed by atoms with Gasteiger partial charge in [0.05, 0.1) is 11.3 Å². The lowest BCUT2D eigenvalue weighted by Crippen LogP contribution is -2.26. The molecule has 0 spiro atoms. The minimum absolute atomic E-state index is 0.00256. The van der Waals surface area contributed by atoms with Crippen LogP contribution in [0.5, 0.6) is 5.75 Å². The van der Waals surface area contributed by atoms with Gasteiger partial charge in [-0.05, 0) is 48.0 Å². The molecule has 0 radical (unpaired) electrons. The maximum atomic E-state index is 12.2. The number of carboxylic acid groups (broad SMARTS) is 1. The molecule has 0 unspecified atom stereocenters. The second-order valence-electron chi connectivity index (χ2n) is 5.71. The number of ketones is 1. The van der Waals surface area contributed by atoms with Crippen molar-refractivity contribution in [3.8, 4) is 5.75 Å². The summed E-state index contributed by atoms with van der Waals surface area (Å²) in [6.45, 7) is -3.17. The topological polar surface area (TPSA) is 110 Å². The van der Waals surface area contributed by atoms with Crippen molar-refractivity contribution in [2.45, 2.75) is 17.9 Å². The summed E-state index contributed by atoms with van der Waals surface area (Å²) in [5.74, 6) is -1.52. The third-order valence-corrected chi connectivity index (χ3v) is 5.09. The zero-order chi connectivity index (χ0) is 21.4. The Kier molecular flexibility index (Phi) is 7.57. The number of hydrogen-bond acceptors (Lipinski definition) is 5. The van der Waals surface area contributed by atoms with Crippen molar-refractivity contribution in [3.05, 3.63) is 65.7 Å². The fourth-order valence-electron chi connectivity index (χ4n) is 2.20. The van der Waals surface area contributed by atoms with Crippen molar-refractivity contribution in [1.82, 2.24) is 4.72 Å². The molecule has 0 saturated carbocycles. The summed E-state index contributed by atoms with van der Waals surface area (Å²) in [7, 11) is -3.87. The SMILES string of the molecule is O=C(O)CCNS(=O)(=O)c1ccc(C(=O)/C=C/c2ccc(OC(F)F)cc2)cc1. The summed E-state index contributed by atoms with van der Waals surface area (Å²) < 4.78 is 54.7. The lowest BCUT2D eigenvalue weighted by molar-refractivity contribution is -0.136. The first-order chi connectivity index (χ1) is 13.7. The van der Waals surface area contributed by atoms with Crippen LogP contribution in [-0.4, -0.2) is 38.4 Å². The van der Waals surface area contributed by atoms with E-state index in [-0.39, 0.29) is 35.0 Å². The number of carboxylic acids is 1. The van der Waals surface area contributed by atoms with Gasteiger partial charge >= 0.3 is 12.6 Å². The first-order valence-electron chi connectivity index (χ1n) is 8.26. The predicted octanol–water partition coefficient (Wildman–Crippen LogP) is 2.94. The predicted molar refractivity (Wildman–Crippen MR) is 100 cm³/mol. The van der Waals surface area contributed by atoms with Crippen LogP contribution in [0.25, 0.3) is 6.08 Å². The Balaban J connectivity index is 2.01. The molecule has 0 atom stereocenters. The van der Waals surface area contributed by atoms with Crippen LogP contribution < -0.4 is 9.46 Å². The van der Waals surface area contributed by atoms with Crippen LogP contribution in [0.15, 0.2) is 59.5 Å². The number of nitrogens with one attached hydrogen (secondary N) is 1. The third kappa shape index (κ3) is 7.09. The highest BCUT2D eigenvalue weighted by Crippen LogP contribution is 2.16. The molecule has 29 heavy (non-hydrogen) atoms. The van der Waals surface area contributed by atoms with E-state index in [0.29, 0.717) is 5.56 Å². The summed E-state index contributed by atoms with van der Waals surface area (Å²) in [5.41, 5.74) is 0.824. The molecule has 0 aliphatic heterocycles. The number of halogens is 2. The molecular weight excluding hydrogens is 408 g/mol. The third-order valence-electron chi connectivity index (χ3n) is 3.61. The largest absolute Gasteiger partial charge is 0.481 e. The zero-order valence-electron chi connectivity index (χ0n) is 14.9. The zero-order valence-corrected chi connectivity index (χ0v) is 15.7. The molecule has 2 rings (SSSR count). The number of ether oxygens (including phenoxy) is 1. The van der Waals surface area contributed by atoms with Crippen molar-refractivity contribution in [1.29, 1.82) is 0 Å². The van der Waals surface area contributed by atoms with E-state index in [9.17, 15) is 26.8 Å². The summed E-state index contributed by atoms with van der Waals surface area (Å²) >= 11 is 0. The molecular formula is C19H17F2NO6S. The van der Waals surface area contributed by atoms with E-state index in [1.165, 1.54) is 60.7 Å². The maximum Gasteiger partial charge on any atom is 0.387 e. The van der Waals surface area contributed by atoms with Gasteiger partial charge in [0, 0.05) is 12.1 Å². The van der Waals surface area contributed by atoms with Crippen molar-refractivity contribution in [2.24, 2.45) is 0 Å². The summed E-state index contributed by atoms with van der Waals surface area (Å²) in [4.78, 5) is 22.5. The monoisotopic (exact) mass is 425 g/mol. The Labute approximate surface area is 165 Å². The maximum absolute atomic E-state index is 12.2. The summed E-state index contributed by atoms with van der Waals surface area (Å²) in [6, 6.07) is 10.8. The summed E-state index contributed by atoms with van der Waals surface area (Å²) in [5, 5.41) is 8.54. The minimum atomic E-state index is -3.87. The van der Waals surface area contributed by atoms with Crippen molar-refractivity contribution < 1.29 is 36.6 Å². The van der Waals surface area contributed by atoms with Crippen LogP contribution in [0.3, 0.4) is 0 Å². The van der Waals surface area contributed by atoms with Gasteiger partial charge in [-0.25, -0.2) is 13.1 Å². The number of carbonyl (C=O) groups excluding carboxylic acids is 1. The van der Waals surface area contributed by atoms with Crippen LogP contribution in [0.2, 0.25) is 0 Å². The number of allylic oxidation sites excluding steroid dienone is 1. The molecule has 2 N–H and O–H groups in total. The second kappa shape index (κ2) is 9.89.